The van der Waals surface area contributed by atoms with E-state index in [9.17, 15) is 9.59 Å². The van der Waals surface area contributed by atoms with Crippen LogP contribution in [0.4, 0.5) is 4.79 Å². The maximum atomic E-state index is 12.2. The van der Waals surface area contributed by atoms with Crippen LogP contribution >= 0.6 is 12.6 Å². The van der Waals surface area contributed by atoms with Crippen molar-refractivity contribution in [3.8, 4) is 0 Å². The van der Waals surface area contributed by atoms with Crippen LogP contribution in [0.15, 0.2) is 0 Å². The predicted molar refractivity (Wildman–Crippen MR) is 84.5 cm³/mol. The van der Waals surface area contributed by atoms with E-state index in [2.05, 4.69) is 12.6 Å². The highest BCUT2D eigenvalue weighted by Gasteiger charge is 2.36. The van der Waals surface area contributed by atoms with Crippen LogP contribution in [0, 0.1) is 5.92 Å². The number of carbonyl (C=O) groups is 2. The molecule has 5 nitrogen and oxygen atoms in total. The van der Waals surface area contributed by atoms with Crippen molar-refractivity contribution in [2.75, 3.05) is 25.4 Å². The maximum Gasteiger partial charge on any atom is 0.410 e. The summed E-state index contributed by atoms with van der Waals surface area (Å²) in [5.74, 6) is 1.27. The van der Waals surface area contributed by atoms with E-state index in [4.69, 9.17) is 4.74 Å². The minimum Gasteiger partial charge on any atom is -0.444 e. The molecule has 2 fully saturated rings. The molecule has 0 aromatic heterocycles. The zero-order valence-electron chi connectivity index (χ0n) is 13.2. The van der Waals surface area contributed by atoms with Gasteiger partial charge in [0.05, 0.1) is 6.04 Å². The predicted octanol–water partition coefficient (Wildman–Crippen LogP) is 2.16. The van der Waals surface area contributed by atoms with Crippen molar-refractivity contribution in [2.24, 2.45) is 5.92 Å². The van der Waals surface area contributed by atoms with Crippen LogP contribution < -0.4 is 0 Å². The molecule has 2 amide bonds. The lowest BCUT2D eigenvalue weighted by atomic mass is 10.1. The van der Waals surface area contributed by atoms with E-state index in [-0.39, 0.29) is 18.0 Å². The summed E-state index contributed by atoms with van der Waals surface area (Å²) in [5, 5.41) is 0. The highest BCUT2D eigenvalue weighted by Crippen LogP contribution is 2.25. The largest absolute Gasteiger partial charge is 0.444 e. The van der Waals surface area contributed by atoms with Gasteiger partial charge in [0.2, 0.25) is 5.91 Å². The fourth-order valence-corrected chi connectivity index (χ4v) is 3.24. The second kappa shape index (κ2) is 6.46. The van der Waals surface area contributed by atoms with Gasteiger partial charge in [-0.1, -0.05) is 0 Å². The monoisotopic (exact) mass is 314 g/mol. The molecular formula is C15H26N2O3S. The molecule has 0 N–H and O–H groups in total. The van der Waals surface area contributed by atoms with Gasteiger partial charge in [0.1, 0.15) is 5.60 Å². The summed E-state index contributed by atoms with van der Waals surface area (Å²) < 4.78 is 5.46. The lowest BCUT2D eigenvalue weighted by Crippen LogP contribution is -2.45. The van der Waals surface area contributed by atoms with Gasteiger partial charge in [0, 0.05) is 26.1 Å². The van der Waals surface area contributed by atoms with Crippen molar-refractivity contribution in [3.63, 3.8) is 0 Å². The molecule has 21 heavy (non-hydrogen) atoms. The van der Waals surface area contributed by atoms with Crippen LogP contribution in [0.2, 0.25) is 0 Å². The zero-order valence-corrected chi connectivity index (χ0v) is 14.1. The first kappa shape index (κ1) is 16.5. The summed E-state index contributed by atoms with van der Waals surface area (Å²) in [6.45, 7) is 7.73. The Hall–Kier alpha value is -0.910. The second-order valence-corrected chi connectivity index (χ2v) is 7.39. The van der Waals surface area contributed by atoms with Gasteiger partial charge in [-0.15, -0.1) is 0 Å². The first-order valence-electron chi connectivity index (χ1n) is 7.68. The van der Waals surface area contributed by atoms with Gasteiger partial charge in [-0.3, -0.25) is 4.79 Å². The number of likely N-dealkylation sites (tertiary alicyclic amines) is 2. The third-order valence-corrected chi connectivity index (χ3v) is 4.51. The van der Waals surface area contributed by atoms with Crippen LogP contribution in [0.1, 0.15) is 40.0 Å². The van der Waals surface area contributed by atoms with Crippen LogP contribution in [-0.2, 0) is 9.53 Å². The zero-order chi connectivity index (χ0) is 15.6. The van der Waals surface area contributed by atoms with Crippen molar-refractivity contribution in [1.29, 1.82) is 0 Å². The average Bonchev–Trinajstić information content (AvgIpc) is 2.95. The summed E-state index contributed by atoms with van der Waals surface area (Å²) in [6, 6.07) is 0.0856. The van der Waals surface area contributed by atoms with Gasteiger partial charge in [-0.05, 0) is 45.3 Å². The topological polar surface area (TPSA) is 49.9 Å². The standard InChI is InChI=1S/C15H26N2O3S/c1-15(2,3)20-14(19)17-6-4-5-12(17)9-16-8-11(10-21)7-13(16)18/h11-12,21H,4-10H2,1-3H3. The van der Waals surface area contributed by atoms with Gasteiger partial charge in [0.15, 0.2) is 0 Å². The molecule has 2 atom stereocenters. The highest BCUT2D eigenvalue weighted by atomic mass is 32.1. The van der Waals surface area contributed by atoms with Gasteiger partial charge >= 0.3 is 6.09 Å². The lowest BCUT2D eigenvalue weighted by molar-refractivity contribution is -0.128. The van der Waals surface area contributed by atoms with Crippen LogP contribution in [-0.4, -0.2) is 58.8 Å². The normalized spacial score (nSPS) is 26.6. The number of rotatable bonds is 3. The highest BCUT2D eigenvalue weighted by molar-refractivity contribution is 7.80. The summed E-state index contributed by atoms with van der Waals surface area (Å²) in [6.07, 6.45) is 2.24. The molecule has 0 aromatic carbocycles. The number of hydrogen-bond donors (Lipinski definition) is 1. The number of thiol groups is 1. The Balaban J connectivity index is 1.93. The Labute approximate surface area is 132 Å². The lowest BCUT2D eigenvalue weighted by Gasteiger charge is -2.31. The molecule has 2 aliphatic heterocycles. The molecule has 0 aliphatic carbocycles. The van der Waals surface area contributed by atoms with Gasteiger partial charge in [-0.2, -0.15) is 12.6 Å². The quantitative estimate of drug-likeness (QED) is 0.812. The molecule has 2 saturated heterocycles. The van der Waals surface area contributed by atoms with Crippen LogP contribution in [0.3, 0.4) is 0 Å². The SMILES string of the molecule is CC(C)(C)OC(=O)N1CCCC1CN1CC(CS)CC1=O. The van der Waals surface area contributed by atoms with Crippen LogP contribution in [0.25, 0.3) is 0 Å². The molecule has 120 valence electrons. The van der Waals surface area contributed by atoms with E-state index in [1.165, 1.54) is 0 Å². The number of nitrogens with zero attached hydrogens (tertiary/aromatic N) is 2. The van der Waals surface area contributed by atoms with E-state index in [1.54, 1.807) is 4.90 Å². The van der Waals surface area contributed by atoms with Gasteiger partial charge in [0.25, 0.3) is 0 Å². The molecule has 0 aromatic rings. The van der Waals surface area contributed by atoms with E-state index in [1.807, 2.05) is 25.7 Å². The Morgan fingerprint density at radius 3 is 2.71 bits per heavy atom. The summed E-state index contributed by atoms with van der Waals surface area (Å²) >= 11 is 4.28. The Kier molecular flexibility index (Phi) is 5.07. The van der Waals surface area contributed by atoms with E-state index in [0.29, 0.717) is 18.9 Å². The minimum absolute atomic E-state index is 0.0856. The second-order valence-electron chi connectivity index (χ2n) is 7.02. The summed E-state index contributed by atoms with van der Waals surface area (Å²) in [7, 11) is 0. The smallest absolute Gasteiger partial charge is 0.410 e. The van der Waals surface area contributed by atoms with Crippen molar-refractivity contribution < 1.29 is 14.3 Å². The third-order valence-electron chi connectivity index (χ3n) is 3.99. The van der Waals surface area contributed by atoms with Crippen molar-refractivity contribution in [3.05, 3.63) is 0 Å². The molecule has 0 bridgehead atoms. The maximum absolute atomic E-state index is 12.2. The fraction of sp³-hybridized carbons (Fsp3) is 0.867. The number of hydrogen-bond acceptors (Lipinski definition) is 4. The van der Waals surface area contributed by atoms with Crippen LogP contribution in [0.5, 0.6) is 0 Å². The van der Waals surface area contributed by atoms with Crippen molar-refractivity contribution in [2.45, 2.75) is 51.7 Å². The minimum atomic E-state index is -0.481. The molecule has 0 spiro atoms. The third kappa shape index (κ3) is 4.28. The van der Waals surface area contributed by atoms with E-state index in [0.717, 1.165) is 31.7 Å². The molecule has 2 rings (SSSR count). The van der Waals surface area contributed by atoms with Crippen molar-refractivity contribution >= 4 is 24.6 Å². The van der Waals surface area contributed by atoms with Gasteiger partial charge in [-0.25, -0.2) is 4.79 Å². The van der Waals surface area contributed by atoms with E-state index >= 15 is 0 Å². The Morgan fingerprint density at radius 1 is 1.43 bits per heavy atom. The molecular weight excluding hydrogens is 288 g/mol. The fourth-order valence-electron chi connectivity index (χ4n) is 2.99. The number of amides is 2. The number of carbonyl (C=O) groups excluding carboxylic acids is 2. The summed E-state index contributed by atoms with van der Waals surface area (Å²) in [4.78, 5) is 27.9. The molecule has 2 aliphatic rings. The van der Waals surface area contributed by atoms with Crippen molar-refractivity contribution in [1.82, 2.24) is 9.80 Å². The molecule has 0 saturated carbocycles. The Morgan fingerprint density at radius 2 is 2.14 bits per heavy atom. The summed E-state index contributed by atoms with van der Waals surface area (Å²) in [5.41, 5.74) is -0.481. The first-order chi connectivity index (χ1) is 9.80. The van der Waals surface area contributed by atoms with E-state index < -0.39 is 5.60 Å². The van der Waals surface area contributed by atoms with Gasteiger partial charge < -0.3 is 14.5 Å². The number of ether oxygens (including phenoxy) is 1. The Bertz CT molecular complexity index is 408. The average molecular weight is 314 g/mol. The first-order valence-corrected chi connectivity index (χ1v) is 8.31. The molecule has 0 radical (unpaired) electrons. The molecule has 6 heteroatoms. The molecule has 2 unspecified atom stereocenters. The molecule has 2 heterocycles.